The SMILES string of the molecule is COc1ccccc1NC(=O)c1cc(C)n2nccc2n1. The lowest BCUT2D eigenvalue weighted by atomic mass is 10.2. The maximum atomic E-state index is 12.3. The summed E-state index contributed by atoms with van der Waals surface area (Å²) in [5.74, 6) is 0.319. The minimum Gasteiger partial charge on any atom is -0.495 e. The zero-order valence-electron chi connectivity index (χ0n) is 11.7. The molecule has 106 valence electrons. The third-order valence-corrected chi connectivity index (χ3v) is 3.13. The molecule has 0 aliphatic carbocycles. The molecule has 0 radical (unpaired) electrons. The number of aryl methyl sites for hydroxylation is 1. The number of hydrogen-bond acceptors (Lipinski definition) is 4. The zero-order chi connectivity index (χ0) is 14.8. The summed E-state index contributed by atoms with van der Waals surface area (Å²) in [4.78, 5) is 16.6. The molecule has 1 aromatic carbocycles. The van der Waals surface area contributed by atoms with Crippen LogP contribution in [0.5, 0.6) is 5.75 Å². The Hall–Kier alpha value is -2.89. The summed E-state index contributed by atoms with van der Waals surface area (Å²) in [5.41, 5.74) is 2.43. The smallest absolute Gasteiger partial charge is 0.274 e. The Bertz CT molecular complexity index is 810. The zero-order valence-corrected chi connectivity index (χ0v) is 11.7. The van der Waals surface area contributed by atoms with Crippen molar-refractivity contribution in [3.05, 3.63) is 54.0 Å². The number of para-hydroxylation sites is 2. The van der Waals surface area contributed by atoms with Gasteiger partial charge in [-0.05, 0) is 25.1 Å². The van der Waals surface area contributed by atoms with Crippen molar-refractivity contribution in [1.29, 1.82) is 0 Å². The molecule has 6 heteroatoms. The van der Waals surface area contributed by atoms with Gasteiger partial charge in [0.1, 0.15) is 11.4 Å². The Morgan fingerprint density at radius 2 is 2.10 bits per heavy atom. The molecule has 1 N–H and O–H groups in total. The molecule has 0 aliphatic heterocycles. The monoisotopic (exact) mass is 282 g/mol. The first kappa shape index (κ1) is 13.1. The molecule has 3 aromatic rings. The van der Waals surface area contributed by atoms with E-state index in [1.807, 2.05) is 19.1 Å². The number of benzene rings is 1. The molecule has 0 saturated carbocycles. The van der Waals surface area contributed by atoms with E-state index in [4.69, 9.17) is 4.74 Å². The maximum Gasteiger partial charge on any atom is 0.274 e. The minimum atomic E-state index is -0.286. The van der Waals surface area contributed by atoms with E-state index in [1.54, 1.807) is 42.1 Å². The number of ether oxygens (including phenoxy) is 1. The van der Waals surface area contributed by atoms with E-state index in [1.165, 1.54) is 0 Å². The van der Waals surface area contributed by atoms with Crippen LogP contribution in [0.25, 0.3) is 5.65 Å². The van der Waals surface area contributed by atoms with Crippen LogP contribution in [0.2, 0.25) is 0 Å². The van der Waals surface area contributed by atoms with Crippen molar-refractivity contribution < 1.29 is 9.53 Å². The third kappa shape index (κ3) is 2.43. The summed E-state index contributed by atoms with van der Waals surface area (Å²) in [6, 6.07) is 10.7. The second kappa shape index (κ2) is 5.24. The van der Waals surface area contributed by atoms with E-state index in [0.717, 1.165) is 5.69 Å². The van der Waals surface area contributed by atoms with E-state index in [9.17, 15) is 4.79 Å². The molecule has 0 fully saturated rings. The van der Waals surface area contributed by atoms with Crippen LogP contribution in [0, 0.1) is 6.92 Å². The van der Waals surface area contributed by atoms with Crippen molar-refractivity contribution in [3.63, 3.8) is 0 Å². The molecule has 0 atom stereocenters. The normalized spacial score (nSPS) is 10.6. The first-order valence-electron chi connectivity index (χ1n) is 6.45. The van der Waals surface area contributed by atoms with Gasteiger partial charge >= 0.3 is 0 Å². The summed E-state index contributed by atoms with van der Waals surface area (Å²) in [6.45, 7) is 1.88. The Kier molecular flexibility index (Phi) is 3.27. The van der Waals surface area contributed by atoms with Gasteiger partial charge in [-0.3, -0.25) is 4.79 Å². The summed E-state index contributed by atoms with van der Waals surface area (Å²) in [5, 5.41) is 6.94. The van der Waals surface area contributed by atoms with Gasteiger partial charge in [0.2, 0.25) is 0 Å². The molecule has 21 heavy (non-hydrogen) atoms. The summed E-state index contributed by atoms with van der Waals surface area (Å²) < 4.78 is 6.89. The summed E-state index contributed by atoms with van der Waals surface area (Å²) in [7, 11) is 1.56. The van der Waals surface area contributed by atoms with E-state index < -0.39 is 0 Å². The number of anilines is 1. The molecule has 6 nitrogen and oxygen atoms in total. The second-order valence-electron chi connectivity index (χ2n) is 4.54. The number of carbonyl (C=O) groups is 1. The average molecular weight is 282 g/mol. The fourth-order valence-electron chi connectivity index (χ4n) is 2.12. The molecule has 0 saturated heterocycles. The fraction of sp³-hybridized carbons (Fsp3) is 0.133. The van der Waals surface area contributed by atoms with Crippen molar-refractivity contribution in [2.75, 3.05) is 12.4 Å². The number of nitrogens with zero attached hydrogens (tertiary/aromatic N) is 3. The highest BCUT2D eigenvalue weighted by Crippen LogP contribution is 2.23. The predicted molar refractivity (Wildman–Crippen MR) is 78.7 cm³/mol. The first-order valence-corrected chi connectivity index (χ1v) is 6.45. The topological polar surface area (TPSA) is 68.5 Å². The third-order valence-electron chi connectivity index (χ3n) is 3.13. The minimum absolute atomic E-state index is 0.286. The molecule has 1 amide bonds. The van der Waals surface area contributed by atoms with E-state index in [2.05, 4.69) is 15.4 Å². The van der Waals surface area contributed by atoms with Gasteiger partial charge in [-0.2, -0.15) is 5.10 Å². The number of fused-ring (bicyclic) bond motifs is 1. The number of carbonyl (C=O) groups excluding carboxylic acids is 1. The molecule has 2 heterocycles. The Labute approximate surface area is 121 Å². The first-order chi connectivity index (χ1) is 10.2. The lowest BCUT2D eigenvalue weighted by Gasteiger charge is -2.10. The number of nitrogens with one attached hydrogen (secondary N) is 1. The lowest BCUT2D eigenvalue weighted by Crippen LogP contribution is -2.15. The highest BCUT2D eigenvalue weighted by molar-refractivity contribution is 6.04. The maximum absolute atomic E-state index is 12.3. The number of amides is 1. The quantitative estimate of drug-likeness (QED) is 0.800. The lowest BCUT2D eigenvalue weighted by molar-refractivity contribution is 0.102. The van der Waals surface area contributed by atoms with E-state index in [-0.39, 0.29) is 5.91 Å². The molecular formula is C15H14N4O2. The molecule has 3 rings (SSSR count). The average Bonchev–Trinajstić information content (AvgIpc) is 2.96. The van der Waals surface area contributed by atoms with Gasteiger partial charge in [0, 0.05) is 11.8 Å². The van der Waals surface area contributed by atoms with E-state index >= 15 is 0 Å². The molecule has 0 aliphatic rings. The van der Waals surface area contributed by atoms with Gasteiger partial charge in [0.25, 0.3) is 5.91 Å². The van der Waals surface area contributed by atoms with Gasteiger partial charge < -0.3 is 10.1 Å². The number of rotatable bonds is 3. The van der Waals surface area contributed by atoms with Crippen LogP contribution >= 0.6 is 0 Å². The predicted octanol–water partition coefficient (Wildman–Crippen LogP) is 2.30. The van der Waals surface area contributed by atoms with Crippen molar-refractivity contribution >= 4 is 17.2 Å². The van der Waals surface area contributed by atoms with Crippen LogP contribution < -0.4 is 10.1 Å². The van der Waals surface area contributed by atoms with Crippen LogP contribution in [0.15, 0.2) is 42.6 Å². The van der Waals surface area contributed by atoms with Crippen molar-refractivity contribution in [3.8, 4) is 5.75 Å². The second-order valence-corrected chi connectivity index (χ2v) is 4.54. The highest BCUT2D eigenvalue weighted by Gasteiger charge is 2.13. The number of aromatic nitrogens is 3. The standard InChI is InChI=1S/C15H14N4O2/c1-10-9-12(17-14-7-8-16-19(10)14)15(20)18-11-5-3-4-6-13(11)21-2/h3-9H,1-2H3,(H,18,20). The Balaban J connectivity index is 1.93. The van der Waals surface area contributed by atoms with Gasteiger partial charge in [-0.15, -0.1) is 0 Å². The van der Waals surface area contributed by atoms with Crippen LogP contribution in [0.4, 0.5) is 5.69 Å². The molecule has 2 aromatic heterocycles. The number of hydrogen-bond donors (Lipinski definition) is 1. The summed E-state index contributed by atoms with van der Waals surface area (Å²) >= 11 is 0. The largest absolute Gasteiger partial charge is 0.495 e. The van der Waals surface area contributed by atoms with Gasteiger partial charge in [0.05, 0.1) is 19.0 Å². The Morgan fingerprint density at radius 1 is 1.29 bits per heavy atom. The van der Waals surface area contributed by atoms with Crippen LogP contribution in [-0.2, 0) is 0 Å². The molecule has 0 unspecified atom stereocenters. The molecule has 0 spiro atoms. The van der Waals surface area contributed by atoms with Crippen LogP contribution in [-0.4, -0.2) is 27.6 Å². The van der Waals surface area contributed by atoms with E-state index in [0.29, 0.717) is 22.8 Å². The molecule has 0 bridgehead atoms. The number of methoxy groups -OCH3 is 1. The Morgan fingerprint density at radius 3 is 2.90 bits per heavy atom. The van der Waals surface area contributed by atoms with Crippen molar-refractivity contribution in [2.45, 2.75) is 6.92 Å². The fourth-order valence-corrected chi connectivity index (χ4v) is 2.12. The summed E-state index contributed by atoms with van der Waals surface area (Å²) in [6.07, 6.45) is 1.65. The molecular weight excluding hydrogens is 268 g/mol. The van der Waals surface area contributed by atoms with Gasteiger partial charge in [-0.25, -0.2) is 9.50 Å². The van der Waals surface area contributed by atoms with Crippen LogP contribution in [0.1, 0.15) is 16.2 Å². The van der Waals surface area contributed by atoms with Crippen molar-refractivity contribution in [1.82, 2.24) is 14.6 Å². The highest BCUT2D eigenvalue weighted by atomic mass is 16.5. The van der Waals surface area contributed by atoms with Gasteiger partial charge in [-0.1, -0.05) is 12.1 Å². The van der Waals surface area contributed by atoms with Crippen LogP contribution in [0.3, 0.4) is 0 Å². The van der Waals surface area contributed by atoms with Crippen molar-refractivity contribution in [2.24, 2.45) is 0 Å². The van der Waals surface area contributed by atoms with Gasteiger partial charge in [0.15, 0.2) is 5.65 Å².